The van der Waals surface area contributed by atoms with E-state index in [1.165, 1.54) is 35.4 Å². The number of hydrogen-bond donors (Lipinski definition) is 1. The number of nitrogens with zero attached hydrogens (tertiary/aromatic N) is 4. The minimum absolute atomic E-state index is 0.0446. The van der Waals surface area contributed by atoms with Gasteiger partial charge in [0.25, 0.3) is 5.69 Å². The van der Waals surface area contributed by atoms with Crippen molar-refractivity contribution in [2.24, 2.45) is 12.1 Å². The van der Waals surface area contributed by atoms with Gasteiger partial charge in [-0.25, -0.2) is 10.4 Å². The summed E-state index contributed by atoms with van der Waals surface area (Å²) in [5, 5.41) is 17.8. The van der Waals surface area contributed by atoms with Crippen LogP contribution in [0, 0.1) is 10.1 Å². The van der Waals surface area contributed by atoms with Crippen LogP contribution in [0.25, 0.3) is 0 Å². The average molecular weight is 401 g/mol. The van der Waals surface area contributed by atoms with Crippen molar-refractivity contribution in [2.75, 3.05) is 0 Å². The molecule has 0 aliphatic carbocycles. The first-order valence-electron chi connectivity index (χ1n) is 7.81. The predicted molar refractivity (Wildman–Crippen MR) is 104 cm³/mol. The molecule has 0 bridgehead atoms. The second-order valence-electron chi connectivity index (χ2n) is 5.46. The van der Waals surface area contributed by atoms with E-state index >= 15 is 0 Å². The van der Waals surface area contributed by atoms with Crippen LogP contribution >= 0.6 is 23.1 Å². The molecule has 0 atom stereocenters. The lowest BCUT2D eigenvalue weighted by Crippen LogP contribution is -2.19. The number of carbonyl (C=O) groups is 1. The molecule has 10 heteroatoms. The summed E-state index contributed by atoms with van der Waals surface area (Å²) in [6.45, 7) is 0. The van der Waals surface area contributed by atoms with Crippen molar-refractivity contribution < 1.29 is 9.72 Å². The van der Waals surface area contributed by atoms with Gasteiger partial charge in [0, 0.05) is 35.9 Å². The van der Waals surface area contributed by atoms with E-state index in [1.54, 1.807) is 29.1 Å². The Morgan fingerprint density at radius 2 is 2.33 bits per heavy atom. The second kappa shape index (κ2) is 8.60. The Morgan fingerprint density at radius 3 is 3.00 bits per heavy atom. The Labute approximate surface area is 163 Å². The Hall–Kier alpha value is -2.98. The third-order valence-electron chi connectivity index (χ3n) is 3.48. The Morgan fingerprint density at radius 1 is 1.48 bits per heavy atom. The van der Waals surface area contributed by atoms with E-state index in [-0.39, 0.29) is 18.0 Å². The van der Waals surface area contributed by atoms with Crippen molar-refractivity contribution >= 4 is 40.9 Å². The molecular weight excluding hydrogens is 386 g/mol. The first kappa shape index (κ1) is 18.8. The van der Waals surface area contributed by atoms with E-state index in [9.17, 15) is 14.9 Å². The third kappa shape index (κ3) is 5.02. The van der Waals surface area contributed by atoms with Crippen LogP contribution in [0.3, 0.4) is 0 Å². The van der Waals surface area contributed by atoms with E-state index < -0.39 is 4.92 Å². The van der Waals surface area contributed by atoms with Gasteiger partial charge in [-0.05, 0) is 29.3 Å². The maximum absolute atomic E-state index is 11.8. The maximum Gasteiger partial charge on any atom is 0.283 e. The number of nitro benzene ring substituents is 1. The molecule has 0 spiro atoms. The third-order valence-corrected chi connectivity index (χ3v) is 5.49. The number of rotatable bonds is 7. The van der Waals surface area contributed by atoms with Crippen LogP contribution in [0.4, 0.5) is 5.69 Å². The molecule has 1 amide bonds. The first-order chi connectivity index (χ1) is 13.0. The number of amides is 1. The number of nitrogens with one attached hydrogen (secondary N) is 1. The number of nitro groups is 1. The van der Waals surface area contributed by atoms with Gasteiger partial charge in [0.05, 0.1) is 22.5 Å². The summed E-state index contributed by atoms with van der Waals surface area (Å²) in [6.07, 6.45) is 5.03. The first-order valence-corrected chi connectivity index (χ1v) is 9.50. The van der Waals surface area contributed by atoms with Crippen LogP contribution < -0.4 is 5.43 Å². The molecule has 1 N–H and O–H groups in total. The molecule has 138 valence electrons. The lowest BCUT2D eigenvalue weighted by molar-refractivity contribution is -0.387. The largest absolute Gasteiger partial charge is 0.329 e. The highest BCUT2D eigenvalue weighted by Gasteiger charge is 2.17. The highest BCUT2D eigenvalue weighted by Crippen LogP contribution is 2.34. The molecule has 3 aromatic rings. The van der Waals surface area contributed by atoms with Gasteiger partial charge in [-0.3, -0.25) is 14.9 Å². The van der Waals surface area contributed by atoms with Crippen molar-refractivity contribution in [2.45, 2.75) is 16.5 Å². The van der Waals surface area contributed by atoms with Crippen molar-refractivity contribution in [3.8, 4) is 0 Å². The summed E-state index contributed by atoms with van der Waals surface area (Å²) in [7, 11) is 1.82. The van der Waals surface area contributed by atoms with Crippen molar-refractivity contribution in [3.63, 3.8) is 0 Å². The predicted octanol–water partition coefficient (Wildman–Crippen LogP) is 3.23. The molecule has 1 aromatic carbocycles. The summed E-state index contributed by atoms with van der Waals surface area (Å²) >= 11 is 2.71. The van der Waals surface area contributed by atoms with Crippen molar-refractivity contribution in [1.82, 2.24) is 15.0 Å². The van der Waals surface area contributed by atoms with Crippen LogP contribution in [0.1, 0.15) is 10.4 Å². The Kier molecular flexibility index (Phi) is 5.99. The molecule has 8 nitrogen and oxygen atoms in total. The molecule has 0 fully saturated rings. The van der Waals surface area contributed by atoms with E-state index in [1.807, 2.05) is 24.6 Å². The van der Waals surface area contributed by atoms with Gasteiger partial charge in [-0.2, -0.15) is 5.10 Å². The lowest BCUT2D eigenvalue weighted by Gasteiger charge is -2.04. The van der Waals surface area contributed by atoms with E-state index in [4.69, 9.17) is 0 Å². The lowest BCUT2D eigenvalue weighted by atomic mass is 10.2. The number of benzene rings is 1. The SMILES string of the molecule is Cn1ccnc1Sc1ccc(C=NNC(=O)Cc2cccs2)cc1[N+](=O)[O-]. The molecule has 0 aliphatic heterocycles. The maximum atomic E-state index is 11.8. The summed E-state index contributed by atoms with van der Waals surface area (Å²) in [5.74, 6) is -0.245. The number of carbonyl (C=O) groups excluding carboxylic acids is 1. The summed E-state index contributed by atoms with van der Waals surface area (Å²) < 4.78 is 1.78. The zero-order chi connectivity index (χ0) is 19.2. The molecule has 0 aliphatic rings. The average Bonchev–Trinajstić information content (AvgIpc) is 3.28. The standard InChI is InChI=1S/C17H15N5O3S2/c1-21-7-6-18-17(21)27-15-5-4-12(9-14(15)22(24)25)11-19-20-16(23)10-13-3-2-8-26-13/h2-9,11H,10H2,1H3,(H,20,23). The molecule has 0 saturated carbocycles. The van der Waals surface area contributed by atoms with Gasteiger partial charge in [-0.1, -0.05) is 12.1 Å². The molecule has 0 radical (unpaired) electrons. The van der Waals surface area contributed by atoms with Crippen LogP contribution in [-0.2, 0) is 18.3 Å². The Bertz CT molecular complexity index is 982. The molecule has 0 saturated heterocycles. The molecule has 2 aromatic heterocycles. The normalized spacial score (nSPS) is 11.0. The van der Waals surface area contributed by atoms with Crippen molar-refractivity contribution in [1.29, 1.82) is 0 Å². The van der Waals surface area contributed by atoms with Gasteiger partial charge in [-0.15, -0.1) is 11.3 Å². The van der Waals surface area contributed by atoms with Gasteiger partial charge in [0.15, 0.2) is 5.16 Å². The van der Waals surface area contributed by atoms with Gasteiger partial charge < -0.3 is 4.57 Å². The summed E-state index contributed by atoms with van der Waals surface area (Å²) in [6, 6.07) is 8.51. The quantitative estimate of drug-likeness (QED) is 0.372. The molecule has 0 unspecified atom stereocenters. The highest BCUT2D eigenvalue weighted by molar-refractivity contribution is 7.99. The van der Waals surface area contributed by atoms with E-state index in [0.29, 0.717) is 15.6 Å². The number of aromatic nitrogens is 2. The fraction of sp³-hybridized carbons (Fsp3) is 0.118. The fourth-order valence-corrected chi connectivity index (χ4v) is 3.77. The van der Waals surface area contributed by atoms with Gasteiger partial charge in [0.2, 0.25) is 5.91 Å². The number of aryl methyl sites for hydroxylation is 1. The number of hydrazone groups is 1. The molecule has 27 heavy (non-hydrogen) atoms. The Balaban J connectivity index is 1.69. The zero-order valence-corrected chi connectivity index (χ0v) is 15.9. The van der Waals surface area contributed by atoms with Crippen LogP contribution in [0.2, 0.25) is 0 Å². The van der Waals surface area contributed by atoms with Crippen LogP contribution in [0.15, 0.2) is 63.3 Å². The number of imidazole rings is 1. The van der Waals surface area contributed by atoms with E-state index in [0.717, 1.165) is 4.88 Å². The summed E-state index contributed by atoms with van der Waals surface area (Å²) in [4.78, 5) is 28.3. The molecule has 2 heterocycles. The molecule has 3 rings (SSSR count). The minimum atomic E-state index is -0.446. The van der Waals surface area contributed by atoms with Crippen LogP contribution in [0.5, 0.6) is 0 Å². The fourth-order valence-electron chi connectivity index (χ4n) is 2.18. The smallest absolute Gasteiger partial charge is 0.283 e. The second-order valence-corrected chi connectivity index (χ2v) is 7.50. The van der Waals surface area contributed by atoms with E-state index in [2.05, 4.69) is 15.5 Å². The van der Waals surface area contributed by atoms with Gasteiger partial charge >= 0.3 is 0 Å². The molecular formula is C17H15N5O3S2. The van der Waals surface area contributed by atoms with Crippen molar-refractivity contribution in [3.05, 3.63) is 68.7 Å². The number of hydrogen-bond acceptors (Lipinski definition) is 7. The van der Waals surface area contributed by atoms with Gasteiger partial charge in [0.1, 0.15) is 0 Å². The van der Waals surface area contributed by atoms with Crippen LogP contribution in [-0.4, -0.2) is 26.6 Å². The topological polar surface area (TPSA) is 102 Å². The minimum Gasteiger partial charge on any atom is -0.329 e. The zero-order valence-electron chi connectivity index (χ0n) is 14.2. The summed E-state index contributed by atoms with van der Waals surface area (Å²) in [5.41, 5.74) is 2.90. The highest BCUT2D eigenvalue weighted by atomic mass is 32.2. The number of thiophene rings is 1. The monoisotopic (exact) mass is 401 g/mol.